The molecule has 4 heteroatoms. The maximum absolute atomic E-state index is 9.85. The van der Waals surface area contributed by atoms with Gasteiger partial charge in [-0.2, -0.15) is 32.3 Å². The molecule has 0 aliphatic heterocycles. The fourth-order valence-electron chi connectivity index (χ4n) is 1.73. The Morgan fingerprint density at radius 1 is 0.842 bits per heavy atom. The van der Waals surface area contributed by atoms with Crippen LogP contribution in [0.2, 0.25) is 0 Å². The summed E-state index contributed by atoms with van der Waals surface area (Å²) in [6.07, 6.45) is 16.1. The second-order valence-electron chi connectivity index (χ2n) is 4.36. The van der Waals surface area contributed by atoms with Crippen LogP contribution in [-0.2, 0) is 26.6 Å². The van der Waals surface area contributed by atoms with Crippen molar-refractivity contribution in [2.75, 3.05) is 0 Å². The zero-order valence-electron chi connectivity index (χ0n) is 11.7. The molecule has 19 heavy (non-hydrogen) atoms. The Morgan fingerprint density at radius 2 is 1.42 bits per heavy atom. The Morgan fingerprint density at radius 3 is 1.95 bits per heavy atom. The van der Waals surface area contributed by atoms with Crippen LogP contribution in [0.3, 0.4) is 0 Å². The van der Waals surface area contributed by atoms with Crippen molar-refractivity contribution in [3.05, 3.63) is 26.0 Å². The monoisotopic (exact) mass is 316 g/mol. The van der Waals surface area contributed by atoms with E-state index in [2.05, 4.69) is 17.6 Å². The molecule has 0 aromatic rings. The summed E-state index contributed by atoms with van der Waals surface area (Å²) in [4.78, 5) is 9.85. The van der Waals surface area contributed by atoms with Gasteiger partial charge in [-0.05, 0) is 0 Å². The number of rotatable bonds is 15. The molecule has 0 bridgehead atoms. The molecule has 0 saturated carbocycles. The molecular formula is C15H27CuNO2-4. The van der Waals surface area contributed by atoms with Crippen LogP contribution >= 0.6 is 0 Å². The van der Waals surface area contributed by atoms with Crippen molar-refractivity contribution in [3.63, 3.8) is 0 Å². The van der Waals surface area contributed by atoms with E-state index in [9.17, 15) is 4.79 Å². The molecule has 0 aromatic carbocycles. The van der Waals surface area contributed by atoms with Crippen molar-refractivity contribution in [2.24, 2.45) is 5.73 Å². The first-order valence-corrected chi connectivity index (χ1v) is 6.99. The van der Waals surface area contributed by atoms with E-state index in [0.29, 0.717) is 6.47 Å². The first kappa shape index (κ1) is 21.3. The molecule has 0 spiro atoms. The van der Waals surface area contributed by atoms with E-state index < -0.39 is 0 Å². The molecule has 0 rings (SSSR count). The van der Waals surface area contributed by atoms with Gasteiger partial charge < -0.3 is 23.3 Å². The maximum atomic E-state index is 9.85. The van der Waals surface area contributed by atoms with Gasteiger partial charge in [0.2, 0.25) is 0 Å². The van der Waals surface area contributed by atoms with Crippen LogP contribution in [0.15, 0.2) is 0 Å². The third-order valence-electron chi connectivity index (χ3n) is 2.74. The van der Waals surface area contributed by atoms with E-state index in [1.54, 1.807) is 13.2 Å². The van der Waals surface area contributed by atoms with E-state index in [1.165, 1.54) is 38.5 Å². The third-order valence-corrected chi connectivity index (χ3v) is 2.74. The Hall–Kier alpha value is -0.0505. The molecule has 0 atom stereocenters. The number of carbonyl (C=O) groups is 1. The number of unbranched alkanes of at least 4 members (excludes halogenated alkanes) is 11. The van der Waals surface area contributed by atoms with Crippen molar-refractivity contribution >= 4 is 6.47 Å². The molecule has 0 fully saturated rings. The van der Waals surface area contributed by atoms with E-state index >= 15 is 0 Å². The summed E-state index contributed by atoms with van der Waals surface area (Å²) >= 11 is 0. The van der Waals surface area contributed by atoms with Gasteiger partial charge in [0.05, 0.1) is 0 Å². The van der Waals surface area contributed by atoms with Gasteiger partial charge in [-0.1, -0.05) is 25.7 Å². The summed E-state index contributed by atoms with van der Waals surface area (Å²) in [5, 5.41) is 0. The standard InChI is InChI=1S/C15H27NO2.Cu/c16-13-11-9-7-5-3-1-2-4-6-8-10-12-14-18-15-17;/h7-8,13-15H,1-6,9-12,16H2;/q-4;. The summed E-state index contributed by atoms with van der Waals surface area (Å²) in [6.45, 7) is 3.74. The molecule has 0 aromatic heterocycles. The molecule has 0 aliphatic rings. The van der Waals surface area contributed by atoms with Gasteiger partial charge in [0.25, 0.3) is 6.47 Å². The fourth-order valence-corrected chi connectivity index (χ4v) is 1.73. The Bertz CT molecular complexity index is 168. The maximum Gasteiger partial charge on any atom is 0.261 e. The van der Waals surface area contributed by atoms with E-state index in [1.807, 2.05) is 0 Å². The van der Waals surface area contributed by atoms with Crippen LogP contribution in [-0.4, -0.2) is 6.47 Å². The molecule has 0 aliphatic carbocycles. The van der Waals surface area contributed by atoms with E-state index in [0.717, 1.165) is 25.7 Å². The third kappa shape index (κ3) is 20.4. The van der Waals surface area contributed by atoms with Crippen molar-refractivity contribution in [3.8, 4) is 0 Å². The number of carbonyl (C=O) groups excluding carboxylic acids is 1. The summed E-state index contributed by atoms with van der Waals surface area (Å²) in [5.41, 5.74) is 5.30. The summed E-state index contributed by atoms with van der Waals surface area (Å²) < 4.78 is 4.49. The van der Waals surface area contributed by atoms with Gasteiger partial charge >= 0.3 is 0 Å². The van der Waals surface area contributed by atoms with E-state index in [4.69, 9.17) is 5.73 Å². The van der Waals surface area contributed by atoms with Gasteiger partial charge in [-0.15, -0.1) is 0 Å². The molecule has 2 N–H and O–H groups in total. The van der Waals surface area contributed by atoms with Crippen LogP contribution in [0.25, 0.3) is 0 Å². The number of ether oxygens (including phenoxy) is 1. The second-order valence-corrected chi connectivity index (χ2v) is 4.36. The average molecular weight is 317 g/mol. The SMILES string of the molecule is N[CH-]CC[CH-]CCCCCC[CH-]CC[CH-]OC=O.[Cu]. The van der Waals surface area contributed by atoms with Gasteiger partial charge in [-0.25, -0.2) is 12.8 Å². The molecule has 0 heterocycles. The normalized spacial score (nSPS) is 9.95. The number of hydrogen-bond donors (Lipinski definition) is 1. The molecule has 1 radical (unpaired) electrons. The van der Waals surface area contributed by atoms with Crippen LogP contribution < -0.4 is 5.73 Å². The Labute approximate surface area is 129 Å². The molecule has 3 nitrogen and oxygen atoms in total. The molecular weight excluding hydrogens is 290 g/mol. The first-order valence-electron chi connectivity index (χ1n) is 6.99. The minimum Gasteiger partial charge on any atom is -0.639 e. The predicted molar refractivity (Wildman–Crippen MR) is 74.7 cm³/mol. The quantitative estimate of drug-likeness (QED) is 0.217. The topological polar surface area (TPSA) is 52.3 Å². The van der Waals surface area contributed by atoms with Crippen LogP contribution in [0.1, 0.15) is 64.2 Å². The Kier molecular flexibility index (Phi) is 22.7. The fraction of sp³-hybridized carbons (Fsp3) is 0.667. The number of nitrogens with two attached hydrogens (primary N) is 1. The average Bonchev–Trinajstić information content (AvgIpc) is 2.39. The number of hydrogen-bond acceptors (Lipinski definition) is 3. The van der Waals surface area contributed by atoms with Crippen LogP contribution in [0.5, 0.6) is 0 Å². The molecule has 0 amide bonds. The van der Waals surface area contributed by atoms with Crippen molar-refractivity contribution in [2.45, 2.75) is 64.2 Å². The van der Waals surface area contributed by atoms with E-state index in [-0.39, 0.29) is 17.1 Å². The Balaban J connectivity index is 0. The van der Waals surface area contributed by atoms with Crippen molar-refractivity contribution < 1.29 is 26.6 Å². The minimum atomic E-state index is 0. The zero-order valence-corrected chi connectivity index (χ0v) is 12.6. The van der Waals surface area contributed by atoms with Gasteiger partial charge in [0.1, 0.15) is 0 Å². The molecule has 119 valence electrons. The minimum absolute atomic E-state index is 0. The summed E-state index contributed by atoms with van der Waals surface area (Å²) in [6, 6.07) is 0. The van der Waals surface area contributed by atoms with Crippen molar-refractivity contribution in [1.29, 1.82) is 0 Å². The molecule has 0 unspecified atom stereocenters. The largest absolute Gasteiger partial charge is 0.639 e. The second kappa shape index (κ2) is 20.3. The zero-order chi connectivity index (χ0) is 13.3. The van der Waals surface area contributed by atoms with Crippen LogP contribution in [0.4, 0.5) is 0 Å². The van der Waals surface area contributed by atoms with Crippen LogP contribution in [0, 0.1) is 26.0 Å². The van der Waals surface area contributed by atoms with Crippen molar-refractivity contribution in [1.82, 2.24) is 0 Å². The van der Waals surface area contributed by atoms with Gasteiger partial charge in [0, 0.05) is 17.1 Å². The van der Waals surface area contributed by atoms with Gasteiger partial charge in [-0.3, -0.25) is 11.3 Å². The summed E-state index contributed by atoms with van der Waals surface area (Å²) in [7, 11) is 0. The first-order chi connectivity index (χ1) is 8.91. The smallest absolute Gasteiger partial charge is 0.261 e. The molecule has 0 saturated heterocycles. The summed E-state index contributed by atoms with van der Waals surface area (Å²) in [5.74, 6) is 0. The predicted octanol–water partition coefficient (Wildman–Crippen LogP) is 3.75. The van der Waals surface area contributed by atoms with Gasteiger partial charge in [0.15, 0.2) is 0 Å².